The van der Waals surface area contributed by atoms with E-state index in [1.807, 2.05) is 35.4 Å². The van der Waals surface area contributed by atoms with Gasteiger partial charge in [-0.1, -0.05) is 0 Å². The minimum Gasteiger partial charge on any atom is -0.496 e. The Bertz CT molecular complexity index is 872. The molecule has 1 atom stereocenters. The van der Waals surface area contributed by atoms with Gasteiger partial charge in [0.2, 0.25) is 0 Å². The van der Waals surface area contributed by atoms with E-state index in [0.717, 1.165) is 47.1 Å². The SMILES string of the molecule is COc1ccc(-c2cnn(CCOC3CCCCO3)c2)c2ccncc12. The highest BCUT2D eigenvalue weighted by Gasteiger charge is 2.14. The minimum absolute atomic E-state index is 0.0585. The van der Waals surface area contributed by atoms with Gasteiger partial charge in [-0.15, -0.1) is 0 Å². The van der Waals surface area contributed by atoms with Gasteiger partial charge in [-0.05, 0) is 48.4 Å². The fourth-order valence-electron chi connectivity index (χ4n) is 3.34. The van der Waals surface area contributed by atoms with Gasteiger partial charge in [0.05, 0.1) is 26.5 Å². The number of rotatable bonds is 6. The van der Waals surface area contributed by atoms with Crippen molar-refractivity contribution in [2.24, 2.45) is 0 Å². The van der Waals surface area contributed by atoms with Gasteiger partial charge in [-0.25, -0.2) is 0 Å². The number of methoxy groups -OCH3 is 1. The predicted molar refractivity (Wildman–Crippen MR) is 99.1 cm³/mol. The molecule has 0 bridgehead atoms. The molecule has 2 aromatic heterocycles. The first-order valence-electron chi connectivity index (χ1n) is 9.02. The Hall–Kier alpha value is -2.44. The van der Waals surface area contributed by atoms with Crippen molar-refractivity contribution in [2.75, 3.05) is 20.3 Å². The number of fused-ring (bicyclic) bond motifs is 1. The Balaban J connectivity index is 1.48. The number of ether oxygens (including phenoxy) is 3. The van der Waals surface area contributed by atoms with Crippen LogP contribution in [0.4, 0.5) is 0 Å². The Morgan fingerprint density at radius 2 is 2.15 bits per heavy atom. The van der Waals surface area contributed by atoms with Crippen LogP contribution in [0.2, 0.25) is 0 Å². The summed E-state index contributed by atoms with van der Waals surface area (Å²) in [5, 5.41) is 6.57. The lowest BCUT2D eigenvalue weighted by Gasteiger charge is -2.22. The minimum atomic E-state index is -0.0585. The standard InChI is InChI=1S/C20H23N3O3/c1-24-19-6-5-16(17-7-8-21-13-18(17)19)15-12-22-23(14-15)9-11-26-20-4-2-3-10-25-20/h5-8,12-14,20H,2-4,9-11H2,1H3. The molecule has 0 aliphatic carbocycles. The molecule has 0 saturated carbocycles. The van der Waals surface area contributed by atoms with Crippen LogP contribution in [0.5, 0.6) is 5.75 Å². The second-order valence-corrected chi connectivity index (χ2v) is 6.40. The third-order valence-corrected chi connectivity index (χ3v) is 4.70. The number of aromatic nitrogens is 3. The number of hydrogen-bond acceptors (Lipinski definition) is 5. The molecular weight excluding hydrogens is 330 g/mol. The smallest absolute Gasteiger partial charge is 0.157 e. The van der Waals surface area contributed by atoms with E-state index >= 15 is 0 Å². The number of nitrogens with zero attached hydrogens (tertiary/aromatic N) is 3. The normalized spacial score (nSPS) is 17.5. The molecular formula is C20H23N3O3. The van der Waals surface area contributed by atoms with Crippen molar-refractivity contribution in [3.63, 3.8) is 0 Å². The molecule has 1 unspecified atom stereocenters. The van der Waals surface area contributed by atoms with Gasteiger partial charge < -0.3 is 14.2 Å². The third-order valence-electron chi connectivity index (χ3n) is 4.70. The van der Waals surface area contributed by atoms with Crippen molar-refractivity contribution in [1.29, 1.82) is 0 Å². The van der Waals surface area contributed by atoms with Crippen molar-refractivity contribution in [3.8, 4) is 16.9 Å². The van der Waals surface area contributed by atoms with Crippen LogP contribution in [-0.2, 0) is 16.0 Å². The summed E-state index contributed by atoms with van der Waals surface area (Å²) in [7, 11) is 1.68. The number of pyridine rings is 1. The predicted octanol–water partition coefficient (Wildman–Crippen LogP) is 3.65. The number of benzene rings is 1. The molecule has 1 aromatic carbocycles. The topological polar surface area (TPSA) is 58.4 Å². The maximum atomic E-state index is 5.79. The van der Waals surface area contributed by atoms with Crippen LogP contribution >= 0.6 is 0 Å². The van der Waals surface area contributed by atoms with Crippen molar-refractivity contribution >= 4 is 10.8 Å². The molecule has 4 rings (SSSR count). The largest absolute Gasteiger partial charge is 0.496 e. The lowest BCUT2D eigenvalue weighted by atomic mass is 10.0. The van der Waals surface area contributed by atoms with E-state index < -0.39 is 0 Å². The Morgan fingerprint density at radius 1 is 1.19 bits per heavy atom. The quantitative estimate of drug-likeness (QED) is 0.677. The molecule has 1 saturated heterocycles. The third kappa shape index (κ3) is 3.57. The van der Waals surface area contributed by atoms with Gasteiger partial charge in [-0.3, -0.25) is 9.67 Å². The van der Waals surface area contributed by atoms with Crippen LogP contribution in [-0.4, -0.2) is 41.4 Å². The zero-order chi connectivity index (χ0) is 17.8. The molecule has 0 amide bonds. The molecule has 1 aliphatic heterocycles. The van der Waals surface area contributed by atoms with Crippen LogP contribution in [0.25, 0.3) is 21.9 Å². The molecule has 3 heterocycles. The van der Waals surface area contributed by atoms with Crippen LogP contribution in [0.15, 0.2) is 43.0 Å². The van der Waals surface area contributed by atoms with Crippen LogP contribution in [0.3, 0.4) is 0 Å². The van der Waals surface area contributed by atoms with Gasteiger partial charge in [0.1, 0.15) is 5.75 Å². The highest BCUT2D eigenvalue weighted by molar-refractivity contribution is 5.99. The Kier molecular flexibility index (Phi) is 5.13. The summed E-state index contributed by atoms with van der Waals surface area (Å²) in [4.78, 5) is 4.22. The number of hydrogen-bond donors (Lipinski definition) is 0. The molecule has 136 valence electrons. The van der Waals surface area contributed by atoms with Gasteiger partial charge in [0.15, 0.2) is 6.29 Å². The Labute approximate surface area is 152 Å². The van der Waals surface area contributed by atoms with E-state index in [1.165, 1.54) is 6.42 Å². The van der Waals surface area contributed by atoms with Crippen molar-refractivity contribution < 1.29 is 14.2 Å². The molecule has 0 N–H and O–H groups in total. The summed E-state index contributed by atoms with van der Waals surface area (Å²) >= 11 is 0. The summed E-state index contributed by atoms with van der Waals surface area (Å²) in [6.45, 7) is 2.10. The van der Waals surface area contributed by atoms with Crippen LogP contribution in [0, 0.1) is 0 Å². The maximum absolute atomic E-state index is 5.79. The molecule has 1 aliphatic rings. The fraction of sp³-hybridized carbons (Fsp3) is 0.400. The van der Waals surface area contributed by atoms with E-state index in [9.17, 15) is 0 Å². The van der Waals surface area contributed by atoms with E-state index in [2.05, 4.69) is 16.1 Å². The fourth-order valence-corrected chi connectivity index (χ4v) is 3.34. The second-order valence-electron chi connectivity index (χ2n) is 6.40. The van der Waals surface area contributed by atoms with Gasteiger partial charge in [0.25, 0.3) is 0 Å². The summed E-state index contributed by atoms with van der Waals surface area (Å²) in [5.74, 6) is 0.824. The summed E-state index contributed by atoms with van der Waals surface area (Å²) in [5.41, 5.74) is 2.18. The van der Waals surface area contributed by atoms with Crippen molar-refractivity contribution in [1.82, 2.24) is 14.8 Å². The molecule has 1 fully saturated rings. The van der Waals surface area contributed by atoms with Gasteiger partial charge >= 0.3 is 0 Å². The van der Waals surface area contributed by atoms with Gasteiger partial charge in [0, 0.05) is 36.1 Å². The lowest BCUT2D eigenvalue weighted by Crippen LogP contribution is -2.24. The first-order chi connectivity index (χ1) is 12.8. The maximum Gasteiger partial charge on any atom is 0.157 e. The van der Waals surface area contributed by atoms with Crippen LogP contribution < -0.4 is 4.74 Å². The second kappa shape index (κ2) is 7.85. The Morgan fingerprint density at radius 3 is 3.00 bits per heavy atom. The summed E-state index contributed by atoms with van der Waals surface area (Å²) in [6.07, 6.45) is 10.8. The molecule has 0 spiro atoms. The first kappa shape index (κ1) is 17.0. The van der Waals surface area contributed by atoms with E-state index in [1.54, 1.807) is 13.3 Å². The molecule has 6 nitrogen and oxygen atoms in total. The van der Waals surface area contributed by atoms with Crippen molar-refractivity contribution in [2.45, 2.75) is 32.1 Å². The average Bonchev–Trinajstić information content (AvgIpc) is 3.16. The van der Waals surface area contributed by atoms with Crippen molar-refractivity contribution in [3.05, 3.63) is 43.0 Å². The zero-order valence-corrected chi connectivity index (χ0v) is 14.9. The molecule has 6 heteroatoms. The molecule has 3 aromatic rings. The molecule has 26 heavy (non-hydrogen) atoms. The van der Waals surface area contributed by atoms with E-state index in [-0.39, 0.29) is 6.29 Å². The monoisotopic (exact) mass is 353 g/mol. The van der Waals surface area contributed by atoms with E-state index in [4.69, 9.17) is 14.2 Å². The highest BCUT2D eigenvalue weighted by Crippen LogP contribution is 2.33. The summed E-state index contributed by atoms with van der Waals surface area (Å²) < 4.78 is 18.7. The van der Waals surface area contributed by atoms with E-state index in [0.29, 0.717) is 13.2 Å². The summed E-state index contributed by atoms with van der Waals surface area (Å²) in [6, 6.07) is 6.04. The lowest BCUT2D eigenvalue weighted by molar-refractivity contribution is -0.163. The van der Waals surface area contributed by atoms with Crippen LogP contribution in [0.1, 0.15) is 19.3 Å². The van der Waals surface area contributed by atoms with Gasteiger partial charge in [-0.2, -0.15) is 5.10 Å². The zero-order valence-electron chi connectivity index (χ0n) is 14.9. The first-order valence-corrected chi connectivity index (χ1v) is 9.02. The average molecular weight is 353 g/mol. The molecule has 0 radical (unpaired) electrons. The highest BCUT2D eigenvalue weighted by atomic mass is 16.7.